The summed E-state index contributed by atoms with van der Waals surface area (Å²) >= 11 is 0. The fraction of sp³-hybridized carbons (Fsp3) is 0.500. The molecule has 1 aromatic rings. The van der Waals surface area contributed by atoms with Crippen molar-refractivity contribution in [1.29, 1.82) is 0 Å². The van der Waals surface area contributed by atoms with Gasteiger partial charge in [0, 0.05) is 6.54 Å². The second-order valence-corrected chi connectivity index (χ2v) is 4.12. The van der Waals surface area contributed by atoms with E-state index in [2.05, 4.69) is 10.3 Å². The Hall–Kier alpha value is -1.50. The molecule has 0 saturated carbocycles. The predicted molar refractivity (Wildman–Crippen MR) is 65.2 cm³/mol. The number of nitrogens with zero attached hydrogens (tertiary/aromatic N) is 1. The molecule has 0 fully saturated rings. The van der Waals surface area contributed by atoms with E-state index in [1.54, 1.807) is 12.1 Å². The Morgan fingerprint density at radius 2 is 2.06 bits per heavy atom. The summed E-state index contributed by atoms with van der Waals surface area (Å²) in [4.78, 5) is 14.7. The van der Waals surface area contributed by atoms with Crippen molar-refractivity contribution in [3.8, 4) is 0 Å². The van der Waals surface area contributed by atoms with Crippen molar-refractivity contribution in [2.45, 2.75) is 25.4 Å². The number of carbonyl (C=O) groups is 1. The lowest BCUT2D eigenvalue weighted by atomic mass is 9.98. The summed E-state index contributed by atoms with van der Waals surface area (Å²) in [7, 11) is 0. The Bertz CT molecular complexity index is 397. The molecule has 0 bridgehead atoms. The van der Waals surface area contributed by atoms with Crippen LogP contribution in [0.2, 0.25) is 0 Å². The molecule has 18 heavy (non-hydrogen) atoms. The van der Waals surface area contributed by atoms with E-state index in [1.165, 1.54) is 6.07 Å². The zero-order valence-electron chi connectivity index (χ0n) is 10.3. The number of pyridine rings is 1. The summed E-state index contributed by atoms with van der Waals surface area (Å²) in [6.45, 7) is 1.74. The molecule has 0 radical (unpaired) electrons. The summed E-state index contributed by atoms with van der Waals surface area (Å²) < 4.78 is 0. The Balaban J connectivity index is 2.73. The highest BCUT2D eigenvalue weighted by molar-refractivity contribution is 5.85. The fourth-order valence-corrected chi connectivity index (χ4v) is 1.49. The average Bonchev–Trinajstić information content (AvgIpc) is 2.41. The minimum absolute atomic E-state index is 0.0237. The highest BCUT2D eigenvalue weighted by atomic mass is 16.4. The SMILES string of the molecule is CCC(CO)(CO)NCc1cccc(C(=O)O)n1. The Morgan fingerprint density at radius 3 is 2.56 bits per heavy atom. The van der Waals surface area contributed by atoms with Crippen LogP contribution in [0.3, 0.4) is 0 Å². The van der Waals surface area contributed by atoms with E-state index in [-0.39, 0.29) is 25.5 Å². The van der Waals surface area contributed by atoms with Gasteiger partial charge in [-0.05, 0) is 18.6 Å². The van der Waals surface area contributed by atoms with Crippen LogP contribution >= 0.6 is 0 Å². The highest BCUT2D eigenvalue weighted by Crippen LogP contribution is 2.10. The molecule has 0 unspecified atom stereocenters. The van der Waals surface area contributed by atoms with Gasteiger partial charge in [-0.15, -0.1) is 0 Å². The normalized spacial score (nSPS) is 11.5. The molecule has 0 amide bonds. The van der Waals surface area contributed by atoms with Crippen LogP contribution in [0.1, 0.15) is 29.5 Å². The Labute approximate surface area is 105 Å². The number of carboxylic acids is 1. The maximum atomic E-state index is 10.8. The van der Waals surface area contributed by atoms with Gasteiger partial charge in [0.2, 0.25) is 0 Å². The van der Waals surface area contributed by atoms with Gasteiger partial charge in [-0.2, -0.15) is 0 Å². The number of hydrogen-bond acceptors (Lipinski definition) is 5. The third-order valence-corrected chi connectivity index (χ3v) is 2.95. The highest BCUT2D eigenvalue weighted by Gasteiger charge is 2.25. The molecule has 0 aliphatic carbocycles. The molecule has 0 spiro atoms. The molecule has 1 aromatic heterocycles. The number of aliphatic hydroxyl groups excluding tert-OH is 2. The maximum absolute atomic E-state index is 10.8. The molecule has 6 nitrogen and oxygen atoms in total. The van der Waals surface area contributed by atoms with Crippen LogP contribution in [0.25, 0.3) is 0 Å². The van der Waals surface area contributed by atoms with E-state index >= 15 is 0 Å². The van der Waals surface area contributed by atoms with E-state index in [0.717, 1.165) is 0 Å². The van der Waals surface area contributed by atoms with Crippen molar-refractivity contribution in [3.05, 3.63) is 29.6 Å². The lowest BCUT2D eigenvalue weighted by molar-refractivity contribution is 0.0689. The van der Waals surface area contributed by atoms with Gasteiger partial charge in [0.15, 0.2) is 0 Å². The Morgan fingerprint density at radius 1 is 1.39 bits per heavy atom. The summed E-state index contributed by atoms with van der Waals surface area (Å²) in [5.74, 6) is -1.08. The van der Waals surface area contributed by atoms with Crippen molar-refractivity contribution in [2.75, 3.05) is 13.2 Å². The third kappa shape index (κ3) is 3.49. The van der Waals surface area contributed by atoms with E-state index in [4.69, 9.17) is 5.11 Å². The molecule has 100 valence electrons. The minimum atomic E-state index is -1.08. The number of carboxylic acid groups (broad SMARTS) is 1. The van der Waals surface area contributed by atoms with Crippen LogP contribution in [0.15, 0.2) is 18.2 Å². The number of hydrogen-bond donors (Lipinski definition) is 4. The van der Waals surface area contributed by atoms with Crippen LogP contribution in [0.5, 0.6) is 0 Å². The first-order valence-corrected chi connectivity index (χ1v) is 5.73. The monoisotopic (exact) mass is 254 g/mol. The number of aliphatic hydroxyl groups is 2. The number of nitrogens with one attached hydrogen (secondary N) is 1. The minimum Gasteiger partial charge on any atom is -0.477 e. The lowest BCUT2D eigenvalue weighted by Crippen LogP contribution is -2.50. The fourth-order valence-electron chi connectivity index (χ4n) is 1.49. The van der Waals surface area contributed by atoms with Crippen LogP contribution in [0.4, 0.5) is 0 Å². The van der Waals surface area contributed by atoms with E-state index in [9.17, 15) is 15.0 Å². The summed E-state index contributed by atoms with van der Waals surface area (Å²) in [6, 6.07) is 4.71. The summed E-state index contributed by atoms with van der Waals surface area (Å²) in [5.41, 5.74) is -0.236. The van der Waals surface area contributed by atoms with Crippen LogP contribution in [0, 0.1) is 0 Å². The zero-order chi connectivity index (χ0) is 13.6. The van der Waals surface area contributed by atoms with Crippen molar-refractivity contribution >= 4 is 5.97 Å². The average molecular weight is 254 g/mol. The number of aromatic carboxylic acids is 1. The topological polar surface area (TPSA) is 103 Å². The second-order valence-electron chi connectivity index (χ2n) is 4.12. The van der Waals surface area contributed by atoms with E-state index < -0.39 is 11.5 Å². The largest absolute Gasteiger partial charge is 0.477 e. The molecule has 0 atom stereocenters. The van der Waals surface area contributed by atoms with Crippen molar-refractivity contribution < 1.29 is 20.1 Å². The van der Waals surface area contributed by atoms with Gasteiger partial charge < -0.3 is 20.6 Å². The maximum Gasteiger partial charge on any atom is 0.354 e. The predicted octanol–water partition coefficient (Wildman–Crippen LogP) is 0.00280. The standard InChI is InChI=1S/C12H18N2O4/c1-2-12(7-15,8-16)13-6-9-4-3-5-10(14-9)11(17)18/h3-5,13,15-16H,2,6-8H2,1H3,(H,17,18). The second kappa shape index (κ2) is 6.44. The van der Waals surface area contributed by atoms with Crippen molar-refractivity contribution in [2.24, 2.45) is 0 Å². The molecule has 0 aliphatic heterocycles. The lowest BCUT2D eigenvalue weighted by Gasteiger charge is -2.29. The van der Waals surface area contributed by atoms with Gasteiger partial charge in [-0.25, -0.2) is 9.78 Å². The first kappa shape index (κ1) is 14.6. The van der Waals surface area contributed by atoms with Crippen LogP contribution < -0.4 is 5.32 Å². The van der Waals surface area contributed by atoms with Crippen molar-refractivity contribution in [3.63, 3.8) is 0 Å². The molecule has 0 aromatic carbocycles. The molecule has 1 rings (SSSR count). The van der Waals surface area contributed by atoms with Crippen LogP contribution in [-0.2, 0) is 6.54 Å². The van der Waals surface area contributed by atoms with Gasteiger partial charge in [0.1, 0.15) is 5.69 Å². The third-order valence-electron chi connectivity index (χ3n) is 2.95. The molecule has 6 heteroatoms. The zero-order valence-corrected chi connectivity index (χ0v) is 10.3. The van der Waals surface area contributed by atoms with Crippen molar-refractivity contribution in [1.82, 2.24) is 10.3 Å². The molecular formula is C12H18N2O4. The van der Waals surface area contributed by atoms with E-state index in [1.807, 2.05) is 6.92 Å². The Kier molecular flexibility index (Phi) is 5.21. The van der Waals surface area contributed by atoms with Gasteiger partial charge in [-0.3, -0.25) is 0 Å². The smallest absolute Gasteiger partial charge is 0.354 e. The summed E-state index contributed by atoms with van der Waals surface area (Å²) in [6.07, 6.45) is 0.554. The number of rotatable bonds is 7. The summed E-state index contributed by atoms with van der Waals surface area (Å²) in [5, 5.41) is 30.3. The molecule has 1 heterocycles. The van der Waals surface area contributed by atoms with Gasteiger partial charge in [0.05, 0.1) is 24.4 Å². The quantitative estimate of drug-likeness (QED) is 0.546. The molecule has 4 N–H and O–H groups in total. The first-order chi connectivity index (χ1) is 8.56. The molecule has 0 aliphatic rings. The molecular weight excluding hydrogens is 236 g/mol. The molecule has 0 saturated heterocycles. The van der Waals surface area contributed by atoms with Gasteiger partial charge in [0.25, 0.3) is 0 Å². The first-order valence-electron chi connectivity index (χ1n) is 5.73. The van der Waals surface area contributed by atoms with E-state index in [0.29, 0.717) is 12.1 Å². The number of aromatic nitrogens is 1. The van der Waals surface area contributed by atoms with Gasteiger partial charge >= 0.3 is 5.97 Å². The van der Waals surface area contributed by atoms with Crippen LogP contribution in [-0.4, -0.2) is 45.0 Å². The van der Waals surface area contributed by atoms with Gasteiger partial charge in [-0.1, -0.05) is 13.0 Å².